The number of ketones is 1. The van der Waals surface area contributed by atoms with Crippen LogP contribution in [0.2, 0.25) is 25.1 Å². The molecule has 158 valence electrons. The number of hydrogen-bond acceptors (Lipinski definition) is 4. The normalized spacial score (nSPS) is 11.4. The SMILES string of the molecule is CCn1ncc(Br)c1C(=O)/C=C/c1ccc(COc2c(Cl)c(Cl)c(Cl)c(Cl)c2Cl)o1. The Kier molecular flexibility index (Phi) is 7.82. The number of aromatic nitrogens is 2. The van der Waals surface area contributed by atoms with Gasteiger partial charge in [-0.1, -0.05) is 58.0 Å². The van der Waals surface area contributed by atoms with Crippen LogP contribution in [0, 0.1) is 0 Å². The van der Waals surface area contributed by atoms with Crippen molar-refractivity contribution in [2.24, 2.45) is 0 Å². The Labute approximate surface area is 205 Å². The van der Waals surface area contributed by atoms with E-state index in [1.54, 1.807) is 29.1 Å². The Balaban J connectivity index is 1.71. The molecular weight excluding hydrogens is 561 g/mol. The molecule has 0 unspecified atom stereocenters. The lowest BCUT2D eigenvalue weighted by Gasteiger charge is -2.12. The van der Waals surface area contributed by atoms with E-state index in [1.165, 1.54) is 6.08 Å². The topological polar surface area (TPSA) is 57.3 Å². The summed E-state index contributed by atoms with van der Waals surface area (Å²) < 4.78 is 13.5. The highest BCUT2D eigenvalue weighted by Gasteiger charge is 2.21. The number of allylic oxidation sites excluding steroid dienone is 1. The zero-order chi connectivity index (χ0) is 22.0. The quantitative estimate of drug-likeness (QED) is 0.124. The molecule has 0 saturated heterocycles. The number of nitrogens with zero attached hydrogens (tertiary/aromatic N) is 2. The third-order valence-corrected chi connectivity index (χ3v) is 6.76. The van der Waals surface area contributed by atoms with Gasteiger partial charge >= 0.3 is 0 Å². The summed E-state index contributed by atoms with van der Waals surface area (Å²) in [5.74, 6) is 0.819. The number of carbonyl (C=O) groups excluding carboxylic acids is 1. The predicted octanol–water partition coefficient (Wildman–Crippen LogP) is 8.00. The summed E-state index contributed by atoms with van der Waals surface area (Å²) in [5.41, 5.74) is 0.463. The van der Waals surface area contributed by atoms with Crippen LogP contribution in [0.4, 0.5) is 0 Å². The fraction of sp³-hybridized carbons (Fsp3) is 0.158. The molecule has 0 spiro atoms. The zero-order valence-corrected chi connectivity index (χ0v) is 20.6. The molecule has 0 atom stereocenters. The van der Waals surface area contributed by atoms with Crippen molar-refractivity contribution < 1.29 is 13.9 Å². The third kappa shape index (κ3) is 4.85. The van der Waals surface area contributed by atoms with Crippen molar-refractivity contribution >= 4 is 85.8 Å². The van der Waals surface area contributed by atoms with E-state index in [0.29, 0.717) is 28.2 Å². The second-order valence-electron chi connectivity index (χ2n) is 5.85. The van der Waals surface area contributed by atoms with Crippen molar-refractivity contribution in [1.82, 2.24) is 9.78 Å². The lowest BCUT2D eigenvalue weighted by atomic mass is 10.2. The van der Waals surface area contributed by atoms with Crippen LogP contribution in [0.1, 0.15) is 28.9 Å². The summed E-state index contributed by atoms with van der Waals surface area (Å²) in [6, 6.07) is 3.39. The molecule has 0 aliphatic rings. The summed E-state index contributed by atoms with van der Waals surface area (Å²) in [4.78, 5) is 12.5. The Morgan fingerprint density at radius 3 is 2.40 bits per heavy atom. The van der Waals surface area contributed by atoms with Crippen LogP contribution in [0.25, 0.3) is 6.08 Å². The number of aryl methyl sites for hydroxylation is 1. The fourth-order valence-corrected chi connectivity index (χ4v) is 4.22. The molecule has 5 nitrogen and oxygen atoms in total. The molecule has 0 radical (unpaired) electrons. The first-order valence-electron chi connectivity index (χ1n) is 8.41. The number of furan rings is 1. The van der Waals surface area contributed by atoms with Gasteiger partial charge in [-0.2, -0.15) is 5.10 Å². The summed E-state index contributed by atoms with van der Waals surface area (Å²) in [6.45, 7) is 2.48. The first-order chi connectivity index (χ1) is 14.2. The van der Waals surface area contributed by atoms with E-state index in [-0.39, 0.29) is 43.3 Å². The molecule has 2 heterocycles. The molecule has 2 aromatic heterocycles. The van der Waals surface area contributed by atoms with Gasteiger partial charge in [0.1, 0.15) is 33.9 Å². The fourth-order valence-electron chi connectivity index (χ4n) is 2.50. The molecule has 0 N–H and O–H groups in total. The van der Waals surface area contributed by atoms with E-state index in [4.69, 9.17) is 67.2 Å². The summed E-state index contributed by atoms with van der Waals surface area (Å²) in [7, 11) is 0. The van der Waals surface area contributed by atoms with Gasteiger partial charge in [0.15, 0.2) is 5.75 Å². The molecule has 0 aliphatic heterocycles. The Hall–Kier alpha value is -1.15. The minimum absolute atomic E-state index is 0.00364. The third-order valence-electron chi connectivity index (χ3n) is 3.94. The molecule has 0 fully saturated rings. The predicted molar refractivity (Wildman–Crippen MR) is 123 cm³/mol. The highest BCUT2D eigenvalue weighted by Crippen LogP contribution is 2.48. The van der Waals surface area contributed by atoms with Crippen molar-refractivity contribution in [3.05, 3.63) is 71.2 Å². The lowest BCUT2D eigenvalue weighted by Crippen LogP contribution is -2.07. The maximum Gasteiger partial charge on any atom is 0.205 e. The van der Waals surface area contributed by atoms with Gasteiger partial charge in [-0.05, 0) is 47.1 Å². The van der Waals surface area contributed by atoms with Crippen LogP contribution in [0.5, 0.6) is 5.75 Å². The second-order valence-corrected chi connectivity index (χ2v) is 8.59. The Morgan fingerprint density at radius 1 is 1.13 bits per heavy atom. The van der Waals surface area contributed by atoms with Crippen LogP contribution in [0.15, 0.2) is 33.3 Å². The maximum atomic E-state index is 12.5. The van der Waals surface area contributed by atoms with Gasteiger partial charge in [0.2, 0.25) is 5.78 Å². The van der Waals surface area contributed by atoms with Crippen LogP contribution >= 0.6 is 73.9 Å². The van der Waals surface area contributed by atoms with Crippen molar-refractivity contribution in [3.8, 4) is 5.75 Å². The van der Waals surface area contributed by atoms with Crippen LogP contribution < -0.4 is 4.74 Å². The Bertz CT molecular complexity index is 1110. The molecule has 0 aliphatic carbocycles. The number of rotatable bonds is 7. The zero-order valence-electron chi connectivity index (χ0n) is 15.2. The smallest absolute Gasteiger partial charge is 0.205 e. The minimum Gasteiger partial charge on any atom is -0.482 e. The maximum absolute atomic E-state index is 12.5. The van der Waals surface area contributed by atoms with E-state index in [1.807, 2.05) is 6.92 Å². The number of halogens is 6. The number of benzene rings is 1. The van der Waals surface area contributed by atoms with Crippen molar-refractivity contribution in [2.45, 2.75) is 20.1 Å². The molecule has 11 heteroatoms. The first-order valence-corrected chi connectivity index (χ1v) is 11.1. The van der Waals surface area contributed by atoms with Gasteiger partial charge in [-0.3, -0.25) is 9.48 Å². The lowest BCUT2D eigenvalue weighted by molar-refractivity contribution is 0.103. The summed E-state index contributed by atoms with van der Waals surface area (Å²) >= 11 is 33.6. The molecular formula is C19H12BrCl5N2O3. The highest BCUT2D eigenvalue weighted by molar-refractivity contribution is 9.10. The van der Waals surface area contributed by atoms with Gasteiger partial charge in [0.25, 0.3) is 0 Å². The van der Waals surface area contributed by atoms with E-state index in [0.717, 1.165) is 0 Å². The van der Waals surface area contributed by atoms with Gasteiger partial charge in [-0.15, -0.1) is 0 Å². The molecule has 0 bridgehead atoms. The van der Waals surface area contributed by atoms with E-state index < -0.39 is 0 Å². The highest BCUT2D eigenvalue weighted by atomic mass is 79.9. The average molecular weight is 573 g/mol. The largest absolute Gasteiger partial charge is 0.482 e. The number of hydrogen-bond donors (Lipinski definition) is 0. The van der Waals surface area contributed by atoms with Gasteiger partial charge in [-0.25, -0.2) is 0 Å². The van der Waals surface area contributed by atoms with E-state index >= 15 is 0 Å². The second kappa shape index (κ2) is 9.98. The monoisotopic (exact) mass is 570 g/mol. The van der Waals surface area contributed by atoms with Gasteiger partial charge in [0, 0.05) is 6.54 Å². The van der Waals surface area contributed by atoms with Crippen LogP contribution in [-0.4, -0.2) is 15.6 Å². The molecule has 30 heavy (non-hydrogen) atoms. The molecule has 3 rings (SSSR count). The summed E-state index contributed by atoms with van der Waals surface area (Å²) in [5, 5.41) is 4.36. The van der Waals surface area contributed by atoms with Crippen LogP contribution in [-0.2, 0) is 13.2 Å². The van der Waals surface area contributed by atoms with Crippen molar-refractivity contribution in [2.75, 3.05) is 0 Å². The average Bonchev–Trinajstić information content (AvgIpc) is 3.35. The molecule has 3 aromatic rings. The minimum atomic E-state index is -0.209. The van der Waals surface area contributed by atoms with E-state index in [2.05, 4.69) is 21.0 Å². The van der Waals surface area contributed by atoms with Gasteiger partial charge in [0.05, 0.1) is 25.7 Å². The molecule has 0 amide bonds. The van der Waals surface area contributed by atoms with Crippen molar-refractivity contribution in [3.63, 3.8) is 0 Å². The van der Waals surface area contributed by atoms with E-state index in [9.17, 15) is 4.79 Å². The number of carbonyl (C=O) groups is 1. The molecule has 1 aromatic carbocycles. The first kappa shape index (κ1) is 23.5. The standard InChI is InChI=1S/C19H12BrCl5N2O3/c1-2-27-18(11(20)7-26-27)12(28)6-5-9-3-4-10(30-9)8-29-19-16(24)14(22)13(21)15(23)17(19)25/h3-7H,2,8H2,1H3/b6-5+. The van der Waals surface area contributed by atoms with Gasteiger partial charge < -0.3 is 9.15 Å². The van der Waals surface area contributed by atoms with Crippen LogP contribution in [0.3, 0.4) is 0 Å². The summed E-state index contributed by atoms with van der Waals surface area (Å²) in [6.07, 6.45) is 4.55. The molecule has 0 saturated carbocycles. The van der Waals surface area contributed by atoms with Crippen molar-refractivity contribution in [1.29, 1.82) is 0 Å². The number of ether oxygens (including phenoxy) is 1. The Morgan fingerprint density at radius 2 is 1.77 bits per heavy atom.